The minimum Gasteiger partial charge on any atom is -0.491 e. The predicted molar refractivity (Wildman–Crippen MR) is 174 cm³/mol. The van der Waals surface area contributed by atoms with E-state index in [4.69, 9.17) is 37.4 Å². The van der Waals surface area contributed by atoms with Crippen LogP contribution in [0, 0.1) is 0 Å². The summed E-state index contributed by atoms with van der Waals surface area (Å²) >= 11 is 12.4. The van der Waals surface area contributed by atoms with Crippen LogP contribution < -0.4 is 20.2 Å². The number of halogens is 2. The van der Waals surface area contributed by atoms with Crippen LogP contribution in [0.3, 0.4) is 0 Å². The van der Waals surface area contributed by atoms with Crippen molar-refractivity contribution in [2.24, 2.45) is 0 Å². The molecule has 4 aromatic rings. The van der Waals surface area contributed by atoms with E-state index in [1.165, 1.54) is 0 Å². The fourth-order valence-electron chi connectivity index (χ4n) is 5.68. The summed E-state index contributed by atoms with van der Waals surface area (Å²) in [7, 11) is 0. The molecule has 0 saturated carbocycles. The van der Waals surface area contributed by atoms with Crippen LogP contribution in [-0.2, 0) is 15.3 Å². The molecule has 2 aliphatic rings. The van der Waals surface area contributed by atoms with E-state index >= 15 is 0 Å². The van der Waals surface area contributed by atoms with Gasteiger partial charge in [-0.25, -0.2) is 14.0 Å². The van der Waals surface area contributed by atoms with Crippen molar-refractivity contribution in [3.63, 3.8) is 0 Å². The normalized spacial score (nSPS) is 21.1. The van der Waals surface area contributed by atoms with Gasteiger partial charge in [0.05, 0.1) is 23.4 Å². The molecule has 2 saturated heterocycles. The Hall–Kier alpha value is -3.50. The smallest absolute Gasteiger partial charge is 0.350 e. The van der Waals surface area contributed by atoms with Crippen molar-refractivity contribution in [1.82, 2.24) is 14.3 Å². The van der Waals surface area contributed by atoms with Gasteiger partial charge in [-0.2, -0.15) is 5.10 Å². The van der Waals surface area contributed by atoms with Crippen molar-refractivity contribution in [3.05, 3.63) is 99.2 Å². The highest BCUT2D eigenvalue weighted by atomic mass is 35.5. The van der Waals surface area contributed by atoms with Gasteiger partial charge in [0.25, 0.3) is 0 Å². The number of benzene rings is 3. The highest BCUT2D eigenvalue weighted by Crippen LogP contribution is 2.38. The summed E-state index contributed by atoms with van der Waals surface area (Å²) in [5.41, 5.74) is 3.76. The molecule has 11 heteroatoms. The molecular weight excluding hydrogens is 601 g/mol. The van der Waals surface area contributed by atoms with E-state index < -0.39 is 5.79 Å². The van der Waals surface area contributed by atoms with Gasteiger partial charge in [-0.15, -0.1) is 0 Å². The summed E-state index contributed by atoms with van der Waals surface area (Å²) in [6.45, 7) is 10.3. The standard InChI is InChI=1S/C33H37Cl2N5O4/c1-4-23(2)40-32(41)39(22-36-40)27-8-6-25(7-9-27)37-15-17-38(18-16-37)26-10-12-28(13-11-26)42-20-29-21-43-33(3,44-29)30-14-5-24(34)19-31(30)35/h5-14,19,22-23,29H,4,15-18,20-21H2,1-3H3/t23?,29-,33+/m0/s1. The molecule has 1 aromatic heterocycles. The molecule has 3 aromatic carbocycles. The average molecular weight is 639 g/mol. The SMILES string of the molecule is CCC(C)n1ncn(-c2ccc(N3CCN(c4ccc(OC[C@H]5CO[C@@](C)(c6ccc(Cl)cc6Cl)O5)cc4)CC3)cc2)c1=O. The number of piperazine rings is 1. The third kappa shape index (κ3) is 6.33. The van der Waals surface area contributed by atoms with Gasteiger partial charge in [-0.1, -0.05) is 36.2 Å². The Labute approximate surface area is 267 Å². The molecular formula is C33H37Cl2N5O4. The van der Waals surface area contributed by atoms with E-state index in [9.17, 15) is 4.79 Å². The van der Waals surface area contributed by atoms with E-state index in [1.807, 2.05) is 51.1 Å². The number of hydrogen-bond acceptors (Lipinski definition) is 7. The third-order valence-corrected chi connectivity index (χ3v) is 9.02. The summed E-state index contributed by atoms with van der Waals surface area (Å²) < 4.78 is 21.3. The van der Waals surface area contributed by atoms with Crippen molar-refractivity contribution in [3.8, 4) is 11.4 Å². The average Bonchev–Trinajstić information content (AvgIpc) is 3.62. The Morgan fingerprint density at radius 1 is 0.955 bits per heavy atom. The molecule has 0 N–H and O–H groups in total. The van der Waals surface area contributed by atoms with Crippen LogP contribution in [0.5, 0.6) is 5.75 Å². The molecule has 3 atom stereocenters. The molecule has 0 amide bonds. The topological polar surface area (TPSA) is 74.0 Å². The van der Waals surface area contributed by atoms with Crippen molar-refractivity contribution in [2.45, 2.75) is 45.1 Å². The Kier molecular flexibility index (Phi) is 8.91. The lowest BCUT2D eigenvalue weighted by molar-refractivity contribution is -0.164. The second-order valence-electron chi connectivity index (χ2n) is 11.4. The Morgan fingerprint density at radius 2 is 1.57 bits per heavy atom. The Morgan fingerprint density at radius 3 is 2.18 bits per heavy atom. The van der Waals surface area contributed by atoms with Gasteiger partial charge in [0.1, 0.15) is 24.8 Å². The van der Waals surface area contributed by atoms with E-state index in [2.05, 4.69) is 39.2 Å². The van der Waals surface area contributed by atoms with E-state index in [-0.39, 0.29) is 17.8 Å². The molecule has 44 heavy (non-hydrogen) atoms. The summed E-state index contributed by atoms with van der Waals surface area (Å²) in [6, 6.07) is 21.7. The summed E-state index contributed by atoms with van der Waals surface area (Å²) in [5.74, 6) is -0.163. The fraction of sp³-hybridized carbons (Fsp3) is 0.394. The summed E-state index contributed by atoms with van der Waals surface area (Å²) in [4.78, 5) is 17.5. The molecule has 2 aliphatic heterocycles. The van der Waals surface area contributed by atoms with Gasteiger partial charge < -0.3 is 24.0 Å². The van der Waals surface area contributed by atoms with Gasteiger partial charge in [0.2, 0.25) is 0 Å². The van der Waals surface area contributed by atoms with Crippen molar-refractivity contribution in [2.75, 3.05) is 49.2 Å². The fourth-order valence-corrected chi connectivity index (χ4v) is 6.26. The van der Waals surface area contributed by atoms with Gasteiger partial charge in [0, 0.05) is 48.1 Å². The van der Waals surface area contributed by atoms with Crippen molar-refractivity contribution < 1.29 is 14.2 Å². The zero-order valence-corrected chi connectivity index (χ0v) is 26.7. The number of aromatic nitrogens is 3. The number of anilines is 2. The van der Waals surface area contributed by atoms with Crippen LogP contribution in [0.25, 0.3) is 5.69 Å². The van der Waals surface area contributed by atoms with Crippen LogP contribution in [0.15, 0.2) is 77.9 Å². The van der Waals surface area contributed by atoms with Crippen LogP contribution in [0.2, 0.25) is 10.0 Å². The first-order valence-corrected chi connectivity index (χ1v) is 15.8. The van der Waals surface area contributed by atoms with Crippen LogP contribution >= 0.6 is 23.2 Å². The van der Waals surface area contributed by atoms with E-state index in [1.54, 1.807) is 27.7 Å². The van der Waals surface area contributed by atoms with Gasteiger partial charge in [0.15, 0.2) is 5.79 Å². The van der Waals surface area contributed by atoms with E-state index in [0.29, 0.717) is 23.3 Å². The number of ether oxygens (including phenoxy) is 3. The molecule has 0 radical (unpaired) electrons. The molecule has 2 fully saturated rings. The highest BCUT2D eigenvalue weighted by molar-refractivity contribution is 6.35. The first kappa shape index (κ1) is 30.5. The Balaban J connectivity index is 0.991. The maximum Gasteiger partial charge on any atom is 0.350 e. The second kappa shape index (κ2) is 12.9. The first-order chi connectivity index (χ1) is 21.2. The zero-order valence-electron chi connectivity index (χ0n) is 25.2. The summed E-state index contributed by atoms with van der Waals surface area (Å²) in [6.07, 6.45) is 2.23. The molecule has 0 bridgehead atoms. The molecule has 1 unspecified atom stereocenters. The first-order valence-electron chi connectivity index (χ1n) is 15.0. The lowest BCUT2D eigenvalue weighted by Gasteiger charge is -2.37. The van der Waals surface area contributed by atoms with Crippen LogP contribution in [-0.4, -0.2) is 59.8 Å². The minimum atomic E-state index is -0.944. The van der Waals surface area contributed by atoms with Crippen LogP contribution in [0.4, 0.5) is 11.4 Å². The molecule has 6 rings (SSSR count). The monoisotopic (exact) mass is 637 g/mol. The molecule has 3 heterocycles. The third-order valence-electron chi connectivity index (χ3n) is 8.47. The van der Waals surface area contributed by atoms with Crippen molar-refractivity contribution in [1.29, 1.82) is 0 Å². The minimum absolute atomic E-state index is 0.0725. The second-order valence-corrected chi connectivity index (χ2v) is 12.2. The Bertz CT molecular complexity index is 1630. The van der Waals surface area contributed by atoms with E-state index in [0.717, 1.165) is 61.0 Å². The van der Waals surface area contributed by atoms with Gasteiger partial charge in [-0.05, 0) is 80.9 Å². The molecule has 0 spiro atoms. The van der Waals surface area contributed by atoms with Crippen LogP contribution in [0.1, 0.15) is 38.8 Å². The lowest BCUT2D eigenvalue weighted by atomic mass is 10.1. The quantitative estimate of drug-likeness (QED) is 0.213. The predicted octanol–water partition coefficient (Wildman–Crippen LogP) is 6.31. The number of rotatable bonds is 9. The zero-order chi connectivity index (χ0) is 30.8. The number of hydrogen-bond donors (Lipinski definition) is 0. The van der Waals surface area contributed by atoms with Gasteiger partial charge in [-0.3, -0.25) is 0 Å². The highest BCUT2D eigenvalue weighted by Gasteiger charge is 2.40. The van der Waals surface area contributed by atoms with Crippen molar-refractivity contribution >= 4 is 34.6 Å². The molecule has 0 aliphatic carbocycles. The molecule has 9 nitrogen and oxygen atoms in total. The largest absolute Gasteiger partial charge is 0.491 e. The maximum atomic E-state index is 12.8. The lowest BCUT2D eigenvalue weighted by Crippen LogP contribution is -2.46. The number of nitrogens with zero attached hydrogens (tertiary/aromatic N) is 5. The maximum absolute atomic E-state index is 12.8. The van der Waals surface area contributed by atoms with Gasteiger partial charge >= 0.3 is 5.69 Å². The summed E-state index contributed by atoms with van der Waals surface area (Å²) in [5, 5.41) is 5.37. The molecule has 232 valence electrons.